The van der Waals surface area contributed by atoms with Crippen molar-refractivity contribution in [2.24, 2.45) is 0 Å². The molecule has 0 amide bonds. The van der Waals surface area contributed by atoms with Crippen molar-refractivity contribution in [3.05, 3.63) is 28.8 Å². The van der Waals surface area contributed by atoms with Crippen molar-refractivity contribution in [3.63, 3.8) is 0 Å². The first-order valence-corrected chi connectivity index (χ1v) is 7.13. The third-order valence-electron chi connectivity index (χ3n) is 2.22. The van der Waals surface area contributed by atoms with Crippen molar-refractivity contribution in [1.82, 2.24) is 0 Å². The van der Waals surface area contributed by atoms with Gasteiger partial charge in [0.05, 0.1) is 11.3 Å². The fraction of sp³-hybridized carbons (Fsp3) is 0.417. The largest absolute Gasteiger partial charge is 0.478 e. The molecule has 0 radical (unpaired) electrons. The summed E-state index contributed by atoms with van der Waals surface area (Å²) in [6.45, 7) is 0.870. The molecule has 18 heavy (non-hydrogen) atoms. The van der Waals surface area contributed by atoms with Crippen molar-refractivity contribution in [2.75, 3.05) is 30.0 Å². The molecule has 1 aromatic carbocycles. The summed E-state index contributed by atoms with van der Waals surface area (Å²) >= 11 is 7.55. The molecule has 0 aliphatic rings. The van der Waals surface area contributed by atoms with Gasteiger partial charge in [-0.25, -0.2) is 4.79 Å². The maximum absolute atomic E-state index is 11.0. The zero-order chi connectivity index (χ0) is 13.4. The molecule has 0 saturated heterocycles. The van der Waals surface area contributed by atoms with Gasteiger partial charge in [-0.2, -0.15) is 11.8 Å². The second-order valence-corrected chi connectivity index (χ2v) is 5.27. The summed E-state index contributed by atoms with van der Waals surface area (Å²) in [4.78, 5) is 11.0. The Kier molecular flexibility index (Phi) is 6.93. The number of carboxylic acid groups (broad SMARTS) is 1. The van der Waals surface area contributed by atoms with Crippen LogP contribution in [-0.2, 0) is 0 Å². The number of nitrogens with one attached hydrogen (secondary N) is 1. The van der Waals surface area contributed by atoms with Crippen molar-refractivity contribution < 1.29 is 15.0 Å². The summed E-state index contributed by atoms with van der Waals surface area (Å²) in [6.07, 6.45) is 0.780. The Morgan fingerprint density at radius 1 is 1.39 bits per heavy atom. The lowest BCUT2D eigenvalue weighted by Crippen LogP contribution is -2.09. The number of halogens is 1. The van der Waals surface area contributed by atoms with Gasteiger partial charge >= 0.3 is 5.97 Å². The van der Waals surface area contributed by atoms with Gasteiger partial charge in [-0.15, -0.1) is 0 Å². The Labute approximate surface area is 115 Å². The first-order chi connectivity index (χ1) is 8.65. The number of carboxylic acids is 1. The number of hydrogen-bond acceptors (Lipinski definition) is 4. The molecule has 0 aliphatic heterocycles. The quantitative estimate of drug-likeness (QED) is 0.642. The van der Waals surface area contributed by atoms with Crippen LogP contribution in [0.1, 0.15) is 16.8 Å². The number of aliphatic hydroxyl groups is 1. The monoisotopic (exact) mass is 289 g/mol. The fourth-order valence-corrected chi connectivity index (χ4v) is 2.33. The molecule has 6 heteroatoms. The van der Waals surface area contributed by atoms with Crippen LogP contribution in [0.15, 0.2) is 18.2 Å². The average molecular weight is 290 g/mol. The first-order valence-electron chi connectivity index (χ1n) is 5.60. The van der Waals surface area contributed by atoms with Crippen LogP contribution in [0.4, 0.5) is 5.69 Å². The summed E-state index contributed by atoms with van der Waals surface area (Å²) < 4.78 is 0. The van der Waals surface area contributed by atoms with E-state index in [1.807, 2.05) is 0 Å². The Morgan fingerprint density at radius 3 is 2.83 bits per heavy atom. The van der Waals surface area contributed by atoms with Crippen LogP contribution in [0.2, 0.25) is 5.02 Å². The van der Waals surface area contributed by atoms with Crippen LogP contribution < -0.4 is 5.32 Å². The van der Waals surface area contributed by atoms with E-state index < -0.39 is 5.97 Å². The molecule has 0 saturated carbocycles. The molecule has 0 aromatic heterocycles. The molecular weight excluding hydrogens is 274 g/mol. The molecule has 0 atom stereocenters. The van der Waals surface area contributed by atoms with Crippen LogP contribution >= 0.6 is 23.4 Å². The van der Waals surface area contributed by atoms with E-state index in [9.17, 15) is 4.79 Å². The highest BCUT2D eigenvalue weighted by Crippen LogP contribution is 2.21. The number of anilines is 1. The summed E-state index contributed by atoms with van der Waals surface area (Å²) in [5.41, 5.74) is 0.762. The van der Waals surface area contributed by atoms with E-state index in [0.29, 0.717) is 17.3 Å². The van der Waals surface area contributed by atoms with Crippen molar-refractivity contribution in [2.45, 2.75) is 6.42 Å². The van der Waals surface area contributed by atoms with E-state index in [-0.39, 0.29) is 12.2 Å². The zero-order valence-electron chi connectivity index (χ0n) is 9.86. The average Bonchev–Trinajstić information content (AvgIpc) is 2.33. The molecular formula is C12H16ClNO3S. The van der Waals surface area contributed by atoms with Gasteiger partial charge in [0, 0.05) is 23.9 Å². The number of carbonyl (C=O) groups is 1. The molecule has 1 rings (SSSR count). The lowest BCUT2D eigenvalue weighted by molar-refractivity contribution is 0.0698. The Balaban J connectivity index is 2.45. The van der Waals surface area contributed by atoms with Gasteiger partial charge in [0.1, 0.15) is 0 Å². The minimum Gasteiger partial charge on any atom is -0.478 e. The molecule has 4 nitrogen and oxygen atoms in total. The van der Waals surface area contributed by atoms with Gasteiger partial charge in [0.2, 0.25) is 0 Å². The number of thioether (sulfide) groups is 1. The number of rotatable bonds is 8. The van der Waals surface area contributed by atoms with Gasteiger partial charge in [-0.3, -0.25) is 0 Å². The van der Waals surface area contributed by atoms with E-state index in [1.165, 1.54) is 6.07 Å². The van der Waals surface area contributed by atoms with E-state index in [4.69, 9.17) is 21.8 Å². The van der Waals surface area contributed by atoms with Gasteiger partial charge in [-0.1, -0.05) is 11.6 Å². The summed E-state index contributed by atoms with van der Waals surface area (Å²) in [5, 5.41) is 21.2. The molecule has 0 heterocycles. The number of benzene rings is 1. The molecule has 0 unspecified atom stereocenters. The Bertz CT molecular complexity index is 401. The van der Waals surface area contributed by atoms with E-state index in [0.717, 1.165) is 17.9 Å². The Hall–Kier alpha value is -0.910. The van der Waals surface area contributed by atoms with Crippen LogP contribution in [0.25, 0.3) is 0 Å². The summed E-state index contributed by atoms with van der Waals surface area (Å²) in [7, 11) is 0. The van der Waals surface area contributed by atoms with Crippen LogP contribution in [0.3, 0.4) is 0 Å². The molecule has 1 aromatic rings. The topological polar surface area (TPSA) is 69.6 Å². The van der Waals surface area contributed by atoms with Crippen molar-refractivity contribution in [3.8, 4) is 0 Å². The van der Waals surface area contributed by atoms with Gasteiger partial charge in [0.15, 0.2) is 0 Å². The normalized spacial score (nSPS) is 10.3. The highest BCUT2D eigenvalue weighted by atomic mass is 35.5. The van der Waals surface area contributed by atoms with Crippen molar-refractivity contribution in [1.29, 1.82) is 0 Å². The molecule has 100 valence electrons. The molecule has 0 aliphatic carbocycles. The lowest BCUT2D eigenvalue weighted by atomic mass is 10.2. The smallest absolute Gasteiger partial charge is 0.337 e. The number of aliphatic hydroxyl groups excluding tert-OH is 1. The van der Waals surface area contributed by atoms with Crippen molar-refractivity contribution >= 4 is 35.0 Å². The molecule has 0 spiro atoms. The predicted molar refractivity (Wildman–Crippen MR) is 75.9 cm³/mol. The highest BCUT2D eigenvalue weighted by molar-refractivity contribution is 7.99. The summed E-state index contributed by atoms with van der Waals surface area (Å²) in [5.74, 6) is 0.785. The van der Waals surface area contributed by atoms with E-state index in [2.05, 4.69) is 5.32 Å². The van der Waals surface area contributed by atoms with Gasteiger partial charge < -0.3 is 15.5 Å². The minimum atomic E-state index is -0.970. The first kappa shape index (κ1) is 15.1. The number of hydrogen-bond donors (Lipinski definition) is 3. The predicted octanol–water partition coefficient (Wildman–Crippen LogP) is 2.57. The number of aromatic carboxylic acids is 1. The van der Waals surface area contributed by atoms with Crippen LogP contribution in [0.5, 0.6) is 0 Å². The van der Waals surface area contributed by atoms with E-state index in [1.54, 1.807) is 23.9 Å². The standard InChI is InChI=1S/C12H16ClNO3S/c13-9-2-3-10(12(16)17)11(8-9)14-4-7-18-6-1-5-15/h2-3,8,14-15H,1,4-7H2,(H,16,17). The van der Waals surface area contributed by atoms with Crippen LogP contribution in [0, 0.1) is 0 Å². The van der Waals surface area contributed by atoms with Gasteiger partial charge in [-0.05, 0) is 30.4 Å². The molecule has 0 bridgehead atoms. The second kappa shape index (κ2) is 8.24. The lowest BCUT2D eigenvalue weighted by Gasteiger charge is -2.09. The van der Waals surface area contributed by atoms with Gasteiger partial charge in [0.25, 0.3) is 0 Å². The third kappa shape index (κ3) is 5.16. The maximum atomic E-state index is 11.0. The molecule has 0 fully saturated rings. The second-order valence-electron chi connectivity index (χ2n) is 3.61. The maximum Gasteiger partial charge on any atom is 0.337 e. The Morgan fingerprint density at radius 2 is 2.17 bits per heavy atom. The molecule has 3 N–H and O–H groups in total. The highest BCUT2D eigenvalue weighted by Gasteiger charge is 2.09. The van der Waals surface area contributed by atoms with Crippen LogP contribution in [-0.4, -0.2) is 40.8 Å². The van der Waals surface area contributed by atoms with E-state index >= 15 is 0 Å². The zero-order valence-corrected chi connectivity index (χ0v) is 11.4. The third-order valence-corrected chi connectivity index (χ3v) is 3.53. The minimum absolute atomic E-state index is 0.206. The SMILES string of the molecule is O=C(O)c1ccc(Cl)cc1NCCSCCCO. The fourth-order valence-electron chi connectivity index (χ4n) is 1.38. The summed E-state index contributed by atoms with van der Waals surface area (Å²) in [6, 6.07) is 4.67.